The summed E-state index contributed by atoms with van der Waals surface area (Å²) in [5.74, 6) is 0. The van der Waals surface area contributed by atoms with Crippen LogP contribution in [0.1, 0.15) is 41.5 Å². The second-order valence-corrected chi connectivity index (χ2v) is 8.00. The molecule has 2 aliphatic rings. The first-order chi connectivity index (χ1) is 11.2. The molecule has 0 heterocycles. The Kier molecular flexibility index (Phi) is 23.3. The maximum absolute atomic E-state index is 2.22. The van der Waals surface area contributed by atoms with Crippen LogP contribution in [0.4, 0.5) is 0 Å². The molecule has 0 saturated heterocycles. The minimum atomic E-state index is 0. The van der Waals surface area contributed by atoms with Crippen molar-refractivity contribution in [1.82, 2.24) is 0 Å². The minimum absolute atomic E-state index is 0. The Balaban J connectivity index is -0.000000384. The average Bonchev–Trinajstić information content (AvgIpc) is 2.34. The average molecular weight is 572 g/mol. The maximum Gasteiger partial charge on any atom is 0 e. The van der Waals surface area contributed by atoms with Gasteiger partial charge in [0.15, 0.2) is 0 Å². The van der Waals surface area contributed by atoms with Crippen LogP contribution < -0.4 is 0 Å². The predicted octanol–water partition coefficient (Wildman–Crippen LogP) is 6.52. The van der Waals surface area contributed by atoms with E-state index < -0.39 is 0 Å². The van der Waals surface area contributed by atoms with Crippen molar-refractivity contribution in [2.45, 2.75) is 41.5 Å². The Bertz CT molecular complexity index is 583. The monoisotopic (exact) mass is 572 g/mol. The van der Waals surface area contributed by atoms with Gasteiger partial charge in [-0.15, -0.1) is 0 Å². The molecule has 0 nitrogen and oxygen atoms in total. The van der Waals surface area contributed by atoms with Crippen LogP contribution in [0.2, 0.25) is 0 Å². The molecule has 0 aromatic heterocycles. The molecule has 0 bridgehead atoms. The van der Waals surface area contributed by atoms with Gasteiger partial charge in [0.25, 0.3) is 0 Å². The third-order valence-electron chi connectivity index (χ3n) is 3.72. The molecule has 0 N–H and O–H groups in total. The van der Waals surface area contributed by atoms with E-state index >= 15 is 0 Å². The molecule has 0 aliphatic heterocycles. The first-order valence-electron chi connectivity index (χ1n) is 8.65. The minimum Gasteiger partial charge on any atom is -0.0623 e. The van der Waals surface area contributed by atoms with Crippen LogP contribution in [0.25, 0.3) is 0 Å². The SMILES string of the molecule is CC(C)(C)C1=C/C=C\C=C/C=C\1.CC(C)(C)C1=C/C=C\C=C/C=C\1.[K].[K].[Yb]. The van der Waals surface area contributed by atoms with E-state index in [2.05, 4.69) is 114 Å². The topological polar surface area (TPSA) is 0 Å². The molecule has 0 atom stereocenters. The summed E-state index contributed by atoms with van der Waals surface area (Å²) in [7, 11) is 0. The van der Waals surface area contributed by atoms with Crippen LogP contribution in [0.15, 0.2) is 96.2 Å². The Hall–Kier alpha value is 2.71. The third-order valence-corrected chi connectivity index (χ3v) is 3.72. The van der Waals surface area contributed by atoms with E-state index in [-0.39, 0.29) is 161 Å². The fourth-order valence-corrected chi connectivity index (χ4v) is 2.13. The molecule has 0 aromatic carbocycles. The number of allylic oxidation sites excluding steroid dienone is 16. The van der Waals surface area contributed by atoms with Crippen LogP contribution >= 0.6 is 0 Å². The van der Waals surface area contributed by atoms with Crippen LogP contribution in [-0.4, -0.2) is 103 Å². The third kappa shape index (κ3) is 17.0. The molecule has 0 fully saturated rings. The van der Waals surface area contributed by atoms with E-state index in [4.69, 9.17) is 0 Å². The number of rotatable bonds is 0. The zero-order valence-corrected chi connectivity index (χ0v) is 26.3. The summed E-state index contributed by atoms with van der Waals surface area (Å²) < 4.78 is 0. The van der Waals surface area contributed by atoms with E-state index in [0.717, 1.165) is 0 Å². The first kappa shape index (κ1) is 34.3. The van der Waals surface area contributed by atoms with Crippen molar-refractivity contribution in [3.63, 3.8) is 0 Å². The molecule has 27 heavy (non-hydrogen) atoms. The van der Waals surface area contributed by atoms with Crippen LogP contribution in [-0.2, 0) is 0 Å². The van der Waals surface area contributed by atoms with Gasteiger partial charge in [-0.2, -0.15) is 0 Å². The van der Waals surface area contributed by atoms with Crippen LogP contribution in [0, 0.1) is 57.8 Å². The Morgan fingerprint density at radius 2 is 0.704 bits per heavy atom. The Labute approximate surface area is 291 Å². The van der Waals surface area contributed by atoms with Crippen molar-refractivity contribution in [2.75, 3.05) is 0 Å². The van der Waals surface area contributed by atoms with E-state index in [1.807, 2.05) is 12.2 Å². The Morgan fingerprint density at radius 1 is 0.444 bits per heavy atom. The van der Waals surface area contributed by atoms with Gasteiger partial charge in [0.1, 0.15) is 0 Å². The van der Waals surface area contributed by atoms with Gasteiger partial charge < -0.3 is 0 Å². The molecule has 0 unspecified atom stereocenters. The van der Waals surface area contributed by atoms with Crippen molar-refractivity contribution in [1.29, 1.82) is 0 Å². The summed E-state index contributed by atoms with van der Waals surface area (Å²) in [4.78, 5) is 0. The molecule has 0 saturated carbocycles. The van der Waals surface area contributed by atoms with E-state index in [1.54, 1.807) is 0 Å². The summed E-state index contributed by atoms with van der Waals surface area (Å²) in [6.07, 6.45) is 29.3. The van der Waals surface area contributed by atoms with E-state index in [0.29, 0.717) is 0 Å². The first-order valence-corrected chi connectivity index (χ1v) is 8.65. The maximum atomic E-state index is 2.22. The molecule has 2 rings (SSSR count). The van der Waals surface area contributed by atoms with Crippen molar-refractivity contribution in [3.8, 4) is 0 Å². The number of hydrogen-bond acceptors (Lipinski definition) is 0. The van der Waals surface area contributed by atoms with Gasteiger partial charge in [-0.1, -0.05) is 127 Å². The zero-order chi connectivity index (χ0) is 18.1. The van der Waals surface area contributed by atoms with Gasteiger partial charge in [0.05, 0.1) is 0 Å². The molecule has 2 radical (unpaired) electrons. The predicted molar refractivity (Wildman–Crippen MR) is 121 cm³/mol. The standard InChI is InChI=1S/2C12H16.2K.Yb/c2*1-12(2,3)11-9-7-5-4-6-8-10-11;;;/h2*4-10H,1-3H3;;;/b2*5-4-,6-4?,7-5?,8-6-,9-7-,10-8?,11-9?,11-10+;;;. The van der Waals surface area contributed by atoms with Crippen LogP contribution in [0.5, 0.6) is 0 Å². The van der Waals surface area contributed by atoms with Gasteiger partial charge in [-0.05, 0) is 22.0 Å². The molecule has 144 valence electrons. The van der Waals surface area contributed by atoms with Gasteiger partial charge in [0.2, 0.25) is 0 Å². The van der Waals surface area contributed by atoms with E-state index in [1.165, 1.54) is 11.1 Å². The molecule has 0 aromatic rings. The summed E-state index contributed by atoms with van der Waals surface area (Å²) in [5.41, 5.74) is 3.21. The molecule has 2 aliphatic carbocycles. The largest absolute Gasteiger partial charge is 0.0623 e. The Morgan fingerprint density at radius 3 is 1.00 bits per heavy atom. The summed E-state index contributed by atoms with van der Waals surface area (Å²) in [6.45, 7) is 13.3. The van der Waals surface area contributed by atoms with E-state index in [9.17, 15) is 0 Å². The normalized spacial score (nSPS) is 26.1. The zero-order valence-electron chi connectivity index (χ0n) is 18.4. The quantitative estimate of drug-likeness (QED) is 0.291. The van der Waals surface area contributed by atoms with Gasteiger partial charge >= 0.3 is 0 Å². The van der Waals surface area contributed by atoms with Gasteiger partial charge in [0, 0.05) is 150 Å². The molecular formula is C24H32K2Yb. The number of hydrogen-bond donors (Lipinski definition) is 0. The second kappa shape index (κ2) is 18.3. The summed E-state index contributed by atoms with van der Waals surface area (Å²) in [5, 5.41) is 0. The summed E-state index contributed by atoms with van der Waals surface area (Å²) >= 11 is 0. The molecule has 0 spiro atoms. The smallest absolute Gasteiger partial charge is 0 e. The fraction of sp³-hybridized carbons (Fsp3) is 0.333. The van der Waals surface area contributed by atoms with Gasteiger partial charge in [-0.25, -0.2) is 0 Å². The van der Waals surface area contributed by atoms with Crippen molar-refractivity contribution in [3.05, 3.63) is 96.2 Å². The van der Waals surface area contributed by atoms with Crippen molar-refractivity contribution >= 4 is 103 Å². The van der Waals surface area contributed by atoms with Crippen molar-refractivity contribution in [2.24, 2.45) is 10.8 Å². The molecular weight excluding hydrogens is 540 g/mol. The molecule has 0 amide bonds. The second-order valence-electron chi connectivity index (χ2n) is 8.00. The molecule has 3 heteroatoms. The fourth-order valence-electron chi connectivity index (χ4n) is 2.13. The van der Waals surface area contributed by atoms with Crippen molar-refractivity contribution < 1.29 is 46.9 Å². The van der Waals surface area contributed by atoms with Gasteiger partial charge in [-0.3, -0.25) is 0 Å². The van der Waals surface area contributed by atoms with Crippen LogP contribution in [0.3, 0.4) is 0 Å². The summed E-state index contributed by atoms with van der Waals surface area (Å²) in [6, 6.07) is 0.